The summed E-state index contributed by atoms with van der Waals surface area (Å²) in [4.78, 5) is 0. The summed E-state index contributed by atoms with van der Waals surface area (Å²) in [5.41, 5.74) is 5.32. The summed E-state index contributed by atoms with van der Waals surface area (Å²) < 4.78 is 44.4. The maximum Gasteiger partial charge on any atom is 0.411 e. The number of rotatable bonds is 7. The van der Waals surface area contributed by atoms with E-state index in [-0.39, 0.29) is 12.7 Å². The van der Waals surface area contributed by atoms with E-state index < -0.39 is 12.8 Å². The Morgan fingerprint density at radius 3 is 2.43 bits per heavy atom. The van der Waals surface area contributed by atoms with Gasteiger partial charge in [0, 0.05) is 19.8 Å². The molecule has 1 unspecified atom stereocenters. The van der Waals surface area contributed by atoms with Crippen LogP contribution in [0.5, 0.6) is 0 Å². The second-order valence-corrected chi connectivity index (χ2v) is 2.77. The van der Waals surface area contributed by atoms with Crippen molar-refractivity contribution in [3.63, 3.8) is 0 Å². The highest BCUT2D eigenvalue weighted by atomic mass is 19.4. The average molecular weight is 215 g/mol. The third-order valence-corrected chi connectivity index (χ3v) is 1.52. The molecule has 0 aliphatic rings. The summed E-state index contributed by atoms with van der Waals surface area (Å²) in [6.45, 7) is 1.40. The van der Waals surface area contributed by atoms with Crippen LogP contribution in [-0.2, 0) is 9.47 Å². The molecule has 1 atom stereocenters. The van der Waals surface area contributed by atoms with Crippen molar-refractivity contribution in [2.45, 2.75) is 25.6 Å². The zero-order chi connectivity index (χ0) is 11.0. The Morgan fingerprint density at radius 1 is 1.36 bits per heavy atom. The molecule has 0 aromatic carbocycles. The fourth-order valence-electron chi connectivity index (χ4n) is 0.908. The second kappa shape index (κ2) is 7.03. The zero-order valence-electron chi connectivity index (χ0n) is 8.14. The van der Waals surface area contributed by atoms with Crippen LogP contribution in [0, 0.1) is 0 Å². The summed E-state index contributed by atoms with van der Waals surface area (Å²) in [5, 5.41) is 0. The Morgan fingerprint density at radius 2 is 2.00 bits per heavy atom. The first kappa shape index (κ1) is 13.7. The van der Waals surface area contributed by atoms with Crippen molar-refractivity contribution >= 4 is 0 Å². The monoisotopic (exact) mass is 215 g/mol. The smallest absolute Gasteiger partial charge is 0.377 e. The Kier molecular flexibility index (Phi) is 6.86. The molecule has 86 valence electrons. The Labute approximate surface area is 81.4 Å². The molecule has 2 N–H and O–H groups in total. The van der Waals surface area contributed by atoms with E-state index in [1.54, 1.807) is 6.92 Å². The molecule has 0 fully saturated rings. The van der Waals surface area contributed by atoms with Crippen molar-refractivity contribution in [2.75, 3.05) is 26.4 Å². The Bertz CT molecular complexity index is 141. The molecule has 0 amide bonds. The van der Waals surface area contributed by atoms with Gasteiger partial charge in [-0.2, -0.15) is 13.2 Å². The predicted molar refractivity (Wildman–Crippen MR) is 46.0 cm³/mol. The van der Waals surface area contributed by atoms with Crippen LogP contribution < -0.4 is 5.73 Å². The third-order valence-electron chi connectivity index (χ3n) is 1.52. The van der Waals surface area contributed by atoms with Crippen LogP contribution in [0.3, 0.4) is 0 Å². The van der Waals surface area contributed by atoms with E-state index in [0.717, 1.165) is 0 Å². The van der Waals surface area contributed by atoms with Gasteiger partial charge < -0.3 is 15.2 Å². The van der Waals surface area contributed by atoms with Crippen molar-refractivity contribution in [3.8, 4) is 0 Å². The second-order valence-electron chi connectivity index (χ2n) is 2.77. The molecule has 0 aliphatic heterocycles. The summed E-state index contributed by atoms with van der Waals surface area (Å²) in [6.07, 6.45) is -4.09. The fourth-order valence-corrected chi connectivity index (χ4v) is 0.908. The highest BCUT2D eigenvalue weighted by Crippen LogP contribution is 2.14. The van der Waals surface area contributed by atoms with Crippen LogP contribution >= 0.6 is 0 Å². The molecule has 14 heavy (non-hydrogen) atoms. The molecule has 0 aromatic heterocycles. The van der Waals surface area contributed by atoms with Crippen LogP contribution in [0.25, 0.3) is 0 Å². The van der Waals surface area contributed by atoms with Crippen LogP contribution in [0.2, 0.25) is 0 Å². The maximum atomic E-state index is 11.6. The minimum absolute atomic E-state index is 0.0153. The van der Waals surface area contributed by atoms with Crippen LogP contribution in [0.4, 0.5) is 13.2 Å². The van der Waals surface area contributed by atoms with Crippen LogP contribution in [0.1, 0.15) is 13.3 Å². The lowest BCUT2D eigenvalue weighted by Gasteiger charge is -2.15. The highest BCUT2D eigenvalue weighted by molar-refractivity contribution is 4.58. The molecule has 6 heteroatoms. The van der Waals surface area contributed by atoms with E-state index in [0.29, 0.717) is 19.6 Å². The van der Waals surface area contributed by atoms with Gasteiger partial charge in [0.2, 0.25) is 0 Å². The van der Waals surface area contributed by atoms with Gasteiger partial charge in [0.1, 0.15) is 6.61 Å². The standard InChI is InChI=1S/C8H16F3NO2/c1-2-14-7(5-12)3-4-13-6-8(9,10)11/h7H,2-6,12H2,1H3. The van der Waals surface area contributed by atoms with E-state index >= 15 is 0 Å². The molecule has 0 rings (SSSR count). The van der Waals surface area contributed by atoms with E-state index in [2.05, 4.69) is 4.74 Å². The van der Waals surface area contributed by atoms with Gasteiger partial charge in [0.25, 0.3) is 0 Å². The number of alkyl halides is 3. The van der Waals surface area contributed by atoms with Gasteiger partial charge in [-0.1, -0.05) is 0 Å². The molecule has 0 radical (unpaired) electrons. The third kappa shape index (κ3) is 8.28. The fraction of sp³-hybridized carbons (Fsp3) is 1.00. The van der Waals surface area contributed by atoms with Gasteiger partial charge in [0.15, 0.2) is 0 Å². The first-order valence-electron chi connectivity index (χ1n) is 4.45. The summed E-state index contributed by atoms with van der Waals surface area (Å²) in [5.74, 6) is 0. The normalized spacial score (nSPS) is 14.4. The number of ether oxygens (including phenoxy) is 2. The van der Waals surface area contributed by atoms with Crippen molar-refractivity contribution in [2.24, 2.45) is 5.73 Å². The van der Waals surface area contributed by atoms with Gasteiger partial charge in [-0.15, -0.1) is 0 Å². The lowest BCUT2D eigenvalue weighted by atomic mass is 10.2. The molecular formula is C8H16F3NO2. The zero-order valence-corrected chi connectivity index (χ0v) is 8.14. The van der Waals surface area contributed by atoms with E-state index in [1.807, 2.05) is 0 Å². The first-order chi connectivity index (χ1) is 6.49. The average Bonchev–Trinajstić information content (AvgIpc) is 2.08. The summed E-state index contributed by atoms with van der Waals surface area (Å²) in [6, 6.07) is 0. The van der Waals surface area contributed by atoms with Crippen molar-refractivity contribution in [3.05, 3.63) is 0 Å². The molecule has 0 spiro atoms. The SMILES string of the molecule is CCOC(CN)CCOCC(F)(F)F. The molecule has 0 bridgehead atoms. The van der Waals surface area contributed by atoms with Crippen LogP contribution in [-0.4, -0.2) is 38.6 Å². The number of nitrogens with two attached hydrogens (primary N) is 1. The lowest BCUT2D eigenvalue weighted by molar-refractivity contribution is -0.175. The highest BCUT2D eigenvalue weighted by Gasteiger charge is 2.27. The first-order valence-corrected chi connectivity index (χ1v) is 4.45. The largest absolute Gasteiger partial charge is 0.411 e. The van der Waals surface area contributed by atoms with E-state index in [9.17, 15) is 13.2 Å². The molecule has 0 saturated carbocycles. The molecule has 0 aliphatic carbocycles. The molecule has 3 nitrogen and oxygen atoms in total. The molecule has 0 heterocycles. The molecular weight excluding hydrogens is 199 g/mol. The van der Waals surface area contributed by atoms with Gasteiger partial charge in [-0.25, -0.2) is 0 Å². The Hall–Kier alpha value is -0.330. The quantitative estimate of drug-likeness (QED) is 0.651. The van der Waals surface area contributed by atoms with Gasteiger partial charge in [-0.3, -0.25) is 0 Å². The number of hydrogen-bond donors (Lipinski definition) is 1. The molecule has 0 aromatic rings. The van der Waals surface area contributed by atoms with Crippen LogP contribution in [0.15, 0.2) is 0 Å². The maximum absolute atomic E-state index is 11.6. The van der Waals surface area contributed by atoms with Gasteiger partial charge in [-0.05, 0) is 13.3 Å². The molecule has 0 saturated heterocycles. The number of halogens is 3. The predicted octanol–water partition coefficient (Wildman–Crippen LogP) is 1.32. The topological polar surface area (TPSA) is 44.5 Å². The number of hydrogen-bond acceptors (Lipinski definition) is 3. The van der Waals surface area contributed by atoms with E-state index in [4.69, 9.17) is 10.5 Å². The minimum Gasteiger partial charge on any atom is -0.377 e. The summed E-state index contributed by atoms with van der Waals surface area (Å²) >= 11 is 0. The van der Waals surface area contributed by atoms with Crippen molar-refractivity contribution in [1.82, 2.24) is 0 Å². The minimum atomic E-state index is -4.26. The van der Waals surface area contributed by atoms with Gasteiger partial charge >= 0.3 is 6.18 Å². The Balaban J connectivity index is 3.42. The van der Waals surface area contributed by atoms with Crippen molar-refractivity contribution < 1.29 is 22.6 Å². The summed E-state index contributed by atoms with van der Waals surface area (Å²) in [7, 11) is 0. The van der Waals surface area contributed by atoms with Crippen molar-refractivity contribution in [1.29, 1.82) is 0 Å². The van der Waals surface area contributed by atoms with E-state index in [1.165, 1.54) is 0 Å². The van der Waals surface area contributed by atoms with Gasteiger partial charge in [0.05, 0.1) is 6.10 Å². The lowest BCUT2D eigenvalue weighted by Crippen LogP contribution is -2.26.